The van der Waals surface area contributed by atoms with Crippen LogP contribution in [0.25, 0.3) is 0 Å². The molecule has 21 heavy (non-hydrogen) atoms. The highest BCUT2D eigenvalue weighted by atomic mass is 19.2. The van der Waals surface area contributed by atoms with Crippen molar-refractivity contribution in [2.45, 2.75) is 19.4 Å². The van der Waals surface area contributed by atoms with Crippen LogP contribution in [0.1, 0.15) is 24.2 Å². The highest BCUT2D eigenvalue weighted by Crippen LogP contribution is 2.23. The average molecular weight is 293 g/mol. The van der Waals surface area contributed by atoms with Crippen molar-refractivity contribution in [1.29, 1.82) is 0 Å². The van der Waals surface area contributed by atoms with Crippen LogP contribution in [0.5, 0.6) is 5.88 Å². The van der Waals surface area contributed by atoms with Crippen LogP contribution in [0, 0.1) is 11.6 Å². The van der Waals surface area contributed by atoms with E-state index in [0.717, 1.165) is 6.07 Å². The average Bonchev–Trinajstić information content (AvgIpc) is 2.50. The molecule has 1 atom stereocenters. The van der Waals surface area contributed by atoms with Gasteiger partial charge in [-0.05, 0) is 12.6 Å². The topological polar surface area (TPSA) is 47.0 Å². The molecule has 4 nitrogen and oxygen atoms in total. The summed E-state index contributed by atoms with van der Waals surface area (Å²) in [6.45, 7) is 2.54. The molecule has 0 amide bonds. The van der Waals surface area contributed by atoms with E-state index in [1.165, 1.54) is 19.5 Å². The minimum atomic E-state index is -0.851. The Hall–Kier alpha value is -2.08. The van der Waals surface area contributed by atoms with Crippen LogP contribution in [0.4, 0.5) is 8.78 Å². The largest absolute Gasteiger partial charge is 0.481 e. The Morgan fingerprint density at radius 1 is 1.29 bits per heavy atom. The van der Waals surface area contributed by atoms with E-state index in [9.17, 15) is 8.78 Å². The summed E-state index contributed by atoms with van der Waals surface area (Å²) in [6.07, 6.45) is 1.80. The van der Waals surface area contributed by atoms with Crippen LogP contribution >= 0.6 is 0 Å². The Kier molecular flexibility index (Phi) is 5.16. The predicted octanol–water partition coefficient (Wildman–Crippen LogP) is 2.66. The number of likely N-dealkylation sites (N-methyl/N-ethyl adjacent to an activating group) is 1. The Morgan fingerprint density at radius 3 is 2.81 bits per heavy atom. The Balaban J connectivity index is 2.28. The van der Waals surface area contributed by atoms with Crippen molar-refractivity contribution in [3.8, 4) is 5.88 Å². The van der Waals surface area contributed by atoms with Crippen LogP contribution in [0.15, 0.2) is 30.6 Å². The number of halogens is 2. The van der Waals surface area contributed by atoms with Crippen LogP contribution < -0.4 is 10.1 Å². The van der Waals surface area contributed by atoms with Crippen molar-refractivity contribution < 1.29 is 13.5 Å². The highest BCUT2D eigenvalue weighted by molar-refractivity contribution is 5.25. The monoisotopic (exact) mass is 293 g/mol. The van der Waals surface area contributed by atoms with Gasteiger partial charge in [-0.2, -0.15) is 0 Å². The first-order valence-electron chi connectivity index (χ1n) is 6.68. The molecule has 1 N–H and O–H groups in total. The molecule has 1 aromatic heterocycles. The molecular formula is C15H17F2N3O. The van der Waals surface area contributed by atoms with Gasteiger partial charge >= 0.3 is 0 Å². The normalized spacial score (nSPS) is 12.2. The summed E-state index contributed by atoms with van der Waals surface area (Å²) in [5.41, 5.74) is 0.978. The van der Waals surface area contributed by atoms with Crippen molar-refractivity contribution in [2.75, 3.05) is 13.7 Å². The van der Waals surface area contributed by atoms with Crippen LogP contribution in [0.2, 0.25) is 0 Å². The molecule has 0 radical (unpaired) electrons. The smallest absolute Gasteiger partial charge is 0.216 e. The molecule has 2 rings (SSSR count). The maximum atomic E-state index is 14.0. The number of ether oxygens (including phenoxy) is 1. The predicted molar refractivity (Wildman–Crippen MR) is 75.1 cm³/mol. The first-order chi connectivity index (χ1) is 10.2. The van der Waals surface area contributed by atoms with Gasteiger partial charge in [0, 0.05) is 29.8 Å². The fraction of sp³-hybridized carbons (Fsp3) is 0.333. The number of nitrogens with one attached hydrogen (secondary N) is 1. The van der Waals surface area contributed by atoms with E-state index in [1.54, 1.807) is 12.1 Å². The molecule has 0 fully saturated rings. The number of hydrogen-bond donors (Lipinski definition) is 1. The van der Waals surface area contributed by atoms with Crippen molar-refractivity contribution >= 4 is 0 Å². The second-order valence-corrected chi connectivity index (χ2v) is 4.51. The third-order valence-corrected chi connectivity index (χ3v) is 3.13. The lowest BCUT2D eigenvalue weighted by Crippen LogP contribution is -2.24. The molecule has 0 saturated carbocycles. The molecule has 1 aromatic carbocycles. The third kappa shape index (κ3) is 3.72. The van der Waals surface area contributed by atoms with Crippen molar-refractivity contribution in [3.05, 3.63) is 53.5 Å². The van der Waals surface area contributed by atoms with Gasteiger partial charge in [0.2, 0.25) is 5.88 Å². The van der Waals surface area contributed by atoms with E-state index >= 15 is 0 Å². The summed E-state index contributed by atoms with van der Waals surface area (Å²) in [4.78, 5) is 8.07. The standard InChI is InChI=1S/C15H17F2N3O/c1-3-18-13(11-5-4-6-12(16)15(11)17)7-10-8-14(21-2)20-9-19-10/h4-6,8-9,13,18H,3,7H2,1-2H3. The lowest BCUT2D eigenvalue weighted by atomic mass is 10.0. The number of hydrogen-bond acceptors (Lipinski definition) is 4. The van der Waals surface area contributed by atoms with E-state index in [1.807, 2.05) is 6.92 Å². The Bertz CT molecular complexity index is 607. The maximum Gasteiger partial charge on any atom is 0.216 e. The zero-order chi connectivity index (χ0) is 15.2. The van der Waals surface area contributed by atoms with Crippen LogP contribution in [0.3, 0.4) is 0 Å². The second-order valence-electron chi connectivity index (χ2n) is 4.51. The zero-order valence-electron chi connectivity index (χ0n) is 11.9. The van der Waals surface area contributed by atoms with E-state index in [0.29, 0.717) is 24.5 Å². The van der Waals surface area contributed by atoms with E-state index in [-0.39, 0.29) is 11.6 Å². The summed E-state index contributed by atoms with van der Waals surface area (Å²) < 4.78 is 32.4. The van der Waals surface area contributed by atoms with Crippen LogP contribution in [-0.2, 0) is 6.42 Å². The molecule has 112 valence electrons. The molecule has 1 unspecified atom stereocenters. The fourth-order valence-corrected chi connectivity index (χ4v) is 2.14. The van der Waals surface area contributed by atoms with Gasteiger partial charge in [-0.1, -0.05) is 19.1 Å². The van der Waals surface area contributed by atoms with Crippen molar-refractivity contribution in [1.82, 2.24) is 15.3 Å². The van der Waals surface area contributed by atoms with Gasteiger partial charge in [0.15, 0.2) is 11.6 Å². The van der Waals surface area contributed by atoms with E-state index in [4.69, 9.17) is 4.74 Å². The van der Waals surface area contributed by atoms with Crippen molar-refractivity contribution in [2.24, 2.45) is 0 Å². The Morgan fingerprint density at radius 2 is 2.10 bits per heavy atom. The lowest BCUT2D eigenvalue weighted by molar-refractivity contribution is 0.395. The molecule has 0 aliphatic rings. The number of aromatic nitrogens is 2. The molecule has 0 bridgehead atoms. The molecule has 0 aliphatic heterocycles. The van der Waals surface area contributed by atoms with Gasteiger partial charge in [-0.15, -0.1) is 0 Å². The molecule has 0 spiro atoms. The fourth-order valence-electron chi connectivity index (χ4n) is 2.14. The summed E-state index contributed by atoms with van der Waals surface area (Å²) in [6, 6.07) is 5.49. The first-order valence-corrected chi connectivity index (χ1v) is 6.68. The summed E-state index contributed by atoms with van der Waals surface area (Å²) in [7, 11) is 1.51. The van der Waals surface area contributed by atoms with Gasteiger partial charge < -0.3 is 10.1 Å². The van der Waals surface area contributed by atoms with Gasteiger partial charge in [0.1, 0.15) is 6.33 Å². The third-order valence-electron chi connectivity index (χ3n) is 3.13. The summed E-state index contributed by atoms with van der Waals surface area (Å²) in [5, 5.41) is 3.15. The van der Waals surface area contributed by atoms with Gasteiger partial charge in [0.05, 0.1) is 7.11 Å². The minimum Gasteiger partial charge on any atom is -0.481 e. The molecular weight excluding hydrogens is 276 g/mol. The number of rotatable bonds is 6. The SMILES string of the molecule is CCNC(Cc1cc(OC)ncn1)c1cccc(F)c1F. The van der Waals surface area contributed by atoms with Gasteiger partial charge in [0.25, 0.3) is 0 Å². The summed E-state index contributed by atoms with van der Waals surface area (Å²) >= 11 is 0. The number of benzene rings is 1. The maximum absolute atomic E-state index is 14.0. The molecule has 1 heterocycles. The number of methoxy groups -OCH3 is 1. The van der Waals surface area contributed by atoms with Gasteiger partial charge in [-0.3, -0.25) is 0 Å². The lowest BCUT2D eigenvalue weighted by Gasteiger charge is -2.19. The molecule has 0 saturated heterocycles. The summed E-state index contributed by atoms with van der Waals surface area (Å²) in [5.74, 6) is -1.24. The van der Waals surface area contributed by atoms with E-state index < -0.39 is 11.6 Å². The van der Waals surface area contributed by atoms with Crippen LogP contribution in [-0.4, -0.2) is 23.6 Å². The van der Waals surface area contributed by atoms with Crippen molar-refractivity contribution in [3.63, 3.8) is 0 Å². The molecule has 2 aromatic rings. The second kappa shape index (κ2) is 7.08. The molecule has 0 aliphatic carbocycles. The Labute approximate surface area is 122 Å². The first kappa shape index (κ1) is 15.3. The zero-order valence-corrected chi connectivity index (χ0v) is 11.9. The molecule has 6 heteroatoms. The number of nitrogens with zero attached hydrogens (tertiary/aromatic N) is 2. The quantitative estimate of drug-likeness (QED) is 0.889. The highest BCUT2D eigenvalue weighted by Gasteiger charge is 2.18. The van der Waals surface area contributed by atoms with E-state index in [2.05, 4.69) is 15.3 Å². The van der Waals surface area contributed by atoms with Gasteiger partial charge in [-0.25, -0.2) is 18.7 Å². The minimum absolute atomic E-state index is 0.287.